The zero-order valence-electron chi connectivity index (χ0n) is 12.9. The van der Waals surface area contributed by atoms with Crippen LogP contribution in [0.15, 0.2) is 10.7 Å². The Hall–Kier alpha value is -1.07. The fraction of sp³-hybridized carbons (Fsp3) is 0.800. The zero-order chi connectivity index (χ0) is 14.4. The van der Waals surface area contributed by atoms with E-state index in [1.54, 1.807) is 6.26 Å². The van der Waals surface area contributed by atoms with Gasteiger partial charge in [0.25, 0.3) is 6.01 Å². The van der Waals surface area contributed by atoms with Crippen LogP contribution >= 0.6 is 0 Å². The van der Waals surface area contributed by atoms with Crippen LogP contribution in [0.25, 0.3) is 0 Å². The number of nitrogens with one attached hydrogen (secondary N) is 1. The van der Waals surface area contributed by atoms with Crippen molar-refractivity contribution < 1.29 is 9.15 Å². The molecule has 1 saturated heterocycles. The van der Waals surface area contributed by atoms with E-state index < -0.39 is 0 Å². The maximum Gasteiger partial charge on any atom is 0.297 e. The zero-order valence-corrected chi connectivity index (χ0v) is 12.9. The first kappa shape index (κ1) is 15.3. The van der Waals surface area contributed by atoms with Crippen LogP contribution in [0, 0.1) is 11.8 Å². The molecule has 2 heterocycles. The average molecular weight is 281 g/mol. The first-order valence-corrected chi connectivity index (χ1v) is 7.59. The fourth-order valence-corrected chi connectivity index (χ4v) is 2.46. The van der Waals surface area contributed by atoms with E-state index in [-0.39, 0.29) is 0 Å². The summed E-state index contributed by atoms with van der Waals surface area (Å²) in [6.45, 7) is 8.86. The van der Waals surface area contributed by atoms with Gasteiger partial charge in [0.1, 0.15) is 6.26 Å². The van der Waals surface area contributed by atoms with Gasteiger partial charge in [-0.2, -0.15) is 4.98 Å². The highest BCUT2D eigenvalue weighted by molar-refractivity contribution is 5.25. The Kier molecular flexibility index (Phi) is 5.86. The number of nitrogens with zero attached hydrogens (tertiary/aromatic N) is 2. The van der Waals surface area contributed by atoms with Crippen LogP contribution in [0.4, 0.5) is 6.01 Å². The summed E-state index contributed by atoms with van der Waals surface area (Å²) in [5.74, 6) is 1.23. The minimum atomic E-state index is 0.586. The molecule has 1 unspecified atom stereocenters. The van der Waals surface area contributed by atoms with Crippen molar-refractivity contribution in [1.82, 2.24) is 10.3 Å². The van der Waals surface area contributed by atoms with Crippen molar-refractivity contribution in [3.63, 3.8) is 0 Å². The van der Waals surface area contributed by atoms with Gasteiger partial charge in [0.05, 0.1) is 12.3 Å². The van der Waals surface area contributed by atoms with E-state index in [0.29, 0.717) is 17.9 Å². The van der Waals surface area contributed by atoms with Crippen molar-refractivity contribution in [2.75, 3.05) is 38.3 Å². The molecule has 0 spiro atoms. The molecule has 0 saturated carbocycles. The number of oxazole rings is 1. The quantitative estimate of drug-likeness (QED) is 0.831. The molecule has 0 bridgehead atoms. The third-order valence-corrected chi connectivity index (χ3v) is 3.51. The molecular formula is C15H27N3O2. The Morgan fingerprint density at radius 2 is 2.35 bits per heavy atom. The number of ether oxygens (including phenoxy) is 1. The lowest BCUT2D eigenvalue weighted by atomic mass is 10.0. The summed E-state index contributed by atoms with van der Waals surface area (Å²) < 4.78 is 11.1. The van der Waals surface area contributed by atoms with Gasteiger partial charge in [-0.15, -0.1) is 0 Å². The summed E-state index contributed by atoms with van der Waals surface area (Å²) in [4.78, 5) is 6.62. The normalized spacial score (nSPS) is 19.5. The predicted octanol–water partition coefficient (Wildman–Crippen LogP) is 2.28. The van der Waals surface area contributed by atoms with Crippen molar-refractivity contribution in [3.05, 3.63) is 12.0 Å². The number of hydrogen-bond acceptors (Lipinski definition) is 5. The smallest absolute Gasteiger partial charge is 0.297 e. The molecule has 1 aromatic heterocycles. The Bertz CT molecular complexity index is 386. The van der Waals surface area contributed by atoms with Crippen LogP contribution in [0.1, 0.15) is 32.4 Å². The molecule has 2 rings (SSSR count). The lowest BCUT2D eigenvalue weighted by Gasteiger charge is -2.26. The van der Waals surface area contributed by atoms with Gasteiger partial charge in [0, 0.05) is 32.7 Å². The summed E-state index contributed by atoms with van der Waals surface area (Å²) in [5, 5.41) is 3.37. The summed E-state index contributed by atoms with van der Waals surface area (Å²) >= 11 is 0. The topological polar surface area (TPSA) is 50.5 Å². The van der Waals surface area contributed by atoms with E-state index in [0.717, 1.165) is 45.0 Å². The molecule has 5 nitrogen and oxygen atoms in total. The molecule has 0 amide bonds. The van der Waals surface area contributed by atoms with E-state index in [1.165, 1.54) is 6.42 Å². The van der Waals surface area contributed by atoms with Crippen molar-refractivity contribution >= 4 is 6.01 Å². The van der Waals surface area contributed by atoms with Crippen molar-refractivity contribution in [1.29, 1.82) is 0 Å². The highest BCUT2D eigenvalue weighted by Gasteiger charge is 2.18. The van der Waals surface area contributed by atoms with Gasteiger partial charge in [0.15, 0.2) is 0 Å². The fourth-order valence-electron chi connectivity index (χ4n) is 2.46. The van der Waals surface area contributed by atoms with Crippen LogP contribution in [-0.4, -0.2) is 38.3 Å². The third kappa shape index (κ3) is 4.80. The van der Waals surface area contributed by atoms with Crippen LogP contribution in [0.5, 0.6) is 0 Å². The highest BCUT2D eigenvalue weighted by Crippen LogP contribution is 2.18. The summed E-state index contributed by atoms with van der Waals surface area (Å²) in [6.07, 6.45) is 4.14. The van der Waals surface area contributed by atoms with Crippen molar-refractivity contribution in [2.24, 2.45) is 11.8 Å². The van der Waals surface area contributed by atoms with E-state index in [4.69, 9.17) is 9.15 Å². The maximum absolute atomic E-state index is 5.56. The number of rotatable bonds is 7. The number of anilines is 1. The molecule has 0 aromatic carbocycles. The lowest BCUT2D eigenvalue weighted by Crippen LogP contribution is -2.31. The van der Waals surface area contributed by atoms with Crippen LogP contribution in [-0.2, 0) is 11.3 Å². The Labute approximate surface area is 121 Å². The molecule has 5 heteroatoms. The molecule has 1 fully saturated rings. The molecule has 1 aliphatic heterocycles. The lowest BCUT2D eigenvalue weighted by molar-refractivity contribution is 0.0573. The minimum absolute atomic E-state index is 0.586. The van der Waals surface area contributed by atoms with Crippen molar-refractivity contribution in [3.8, 4) is 0 Å². The van der Waals surface area contributed by atoms with Gasteiger partial charge >= 0.3 is 0 Å². The van der Waals surface area contributed by atoms with Gasteiger partial charge in [-0.05, 0) is 25.3 Å². The third-order valence-electron chi connectivity index (χ3n) is 3.51. The number of hydrogen-bond donors (Lipinski definition) is 1. The van der Waals surface area contributed by atoms with Gasteiger partial charge < -0.3 is 19.4 Å². The monoisotopic (exact) mass is 281 g/mol. The first-order chi connectivity index (χ1) is 9.65. The molecule has 114 valence electrons. The molecule has 1 aliphatic rings. The van der Waals surface area contributed by atoms with Crippen LogP contribution in [0.2, 0.25) is 0 Å². The van der Waals surface area contributed by atoms with Gasteiger partial charge in [-0.1, -0.05) is 13.8 Å². The molecule has 1 aromatic rings. The second kappa shape index (κ2) is 7.64. The standard InChI is InChI=1S/C15H27N3O2/c1-12(2)7-16-8-14-11-20-15(17-14)18(3)9-13-5-4-6-19-10-13/h11-13,16H,4-10H2,1-3H3. The predicted molar refractivity (Wildman–Crippen MR) is 79.9 cm³/mol. The second-order valence-electron chi connectivity index (χ2n) is 6.11. The summed E-state index contributed by atoms with van der Waals surface area (Å²) in [6, 6.07) is 0.705. The SMILES string of the molecule is CC(C)CNCc1coc(N(C)CC2CCCOC2)n1. The first-order valence-electron chi connectivity index (χ1n) is 7.59. The van der Waals surface area contributed by atoms with E-state index in [1.807, 2.05) is 7.05 Å². The largest absolute Gasteiger partial charge is 0.432 e. The molecule has 1 atom stereocenters. The van der Waals surface area contributed by atoms with E-state index >= 15 is 0 Å². The summed E-state index contributed by atoms with van der Waals surface area (Å²) in [7, 11) is 2.03. The second-order valence-corrected chi connectivity index (χ2v) is 6.11. The number of aromatic nitrogens is 1. The van der Waals surface area contributed by atoms with E-state index in [9.17, 15) is 0 Å². The molecular weight excluding hydrogens is 254 g/mol. The molecule has 1 N–H and O–H groups in total. The van der Waals surface area contributed by atoms with E-state index in [2.05, 4.69) is 29.0 Å². The Balaban J connectivity index is 1.78. The average Bonchev–Trinajstić information content (AvgIpc) is 2.88. The van der Waals surface area contributed by atoms with Crippen molar-refractivity contribution in [2.45, 2.75) is 33.2 Å². The molecule has 0 radical (unpaired) electrons. The van der Waals surface area contributed by atoms with Gasteiger partial charge in [-0.3, -0.25) is 0 Å². The van der Waals surface area contributed by atoms with Gasteiger partial charge in [0.2, 0.25) is 0 Å². The summed E-state index contributed by atoms with van der Waals surface area (Å²) in [5.41, 5.74) is 0.965. The van der Waals surface area contributed by atoms with Crippen LogP contribution < -0.4 is 10.2 Å². The molecule has 20 heavy (non-hydrogen) atoms. The maximum atomic E-state index is 5.56. The molecule has 0 aliphatic carbocycles. The highest BCUT2D eigenvalue weighted by atomic mass is 16.5. The van der Waals surface area contributed by atoms with Gasteiger partial charge in [-0.25, -0.2) is 0 Å². The Morgan fingerprint density at radius 1 is 1.50 bits per heavy atom. The van der Waals surface area contributed by atoms with Crippen LogP contribution in [0.3, 0.4) is 0 Å². The minimum Gasteiger partial charge on any atom is -0.432 e. The Morgan fingerprint density at radius 3 is 3.05 bits per heavy atom.